The summed E-state index contributed by atoms with van der Waals surface area (Å²) in [6.45, 7) is 0. The maximum atomic E-state index is 11.9. The second kappa shape index (κ2) is 6.29. The van der Waals surface area contributed by atoms with Gasteiger partial charge in [0.2, 0.25) is 0 Å². The first-order chi connectivity index (χ1) is 9.15. The molecule has 2 N–H and O–H groups in total. The Bertz CT molecular complexity index is 533. The number of aryl methyl sites for hydroxylation is 2. The molecule has 19 heavy (non-hydrogen) atoms. The van der Waals surface area contributed by atoms with Gasteiger partial charge in [0.05, 0.1) is 6.20 Å². The van der Waals surface area contributed by atoms with E-state index < -0.39 is 0 Å². The first-order valence-electron chi connectivity index (χ1n) is 6.45. The third-order valence-electron chi connectivity index (χ3n) is 3.13. The predicted octanol–water partition coefficient (Wildman–Crippen LogP) is 2.01. The Balaban J connectivity index is 1.81. The van der Waals surface area contributed by atoms with Crippen LogP contribution in [0.15, 0.2) is 42.7 Å². The van der Waals surface area contributed by atoms with Crippen molar-refractivity contribution in [3.8, 4) is 0 Å². The van der Waals surface area contributed by atoms with Crippen LogP contribution in [0.5, 0.6) is 0 Å². The van der Waals surface area contributed by atoms with Gasteiger partial charge in [0, 0.05) is 32.1 Å². The molecule has 1 atom stereocenters. The molecule has 0 radical (unpaired) electrons. The minimum atomic E-state index is -0.206. The van der Waals surface area contributed by atoms with Gasteiger partial charge in [-0.3, -0.25) is 9.48 Å². The number of nitrogens with zero attached hydrogens (tertiary/aromatic N) is 2. The van der Waals surface area contributed by atoms with E-state index in [1.807, 2.05) is 43.6 Å². The normalized spacial score (nSPS) is 12.3. The summed E-state index contributed by atoms with van der Waals surface area (Å²) in [6, 6.07) is 9.53. The molecular formula is C15H19N3O. The molecule has 0 aliphatic carbocycles. The van der Waals surface area contributed by atoms with Crippen molar-refractivity contribution in [2.24, 2.45) is 12.8 Å². The van der Waals surface area contributed by atoms with Crippen molar-refractivity contribution in [2.45, 2.75) is 25.3 Å². The van der Waals surface area contributed by atoms with E-state index >= 15 is 0 Å². The molecule has 0 bridgehead atoms. The summed E-state index contributed by atoms with van der Waals surface area (Å²) >= 11 is 0. The average Bonchev–Trinajstić information content (AvgIpc) is 2.83. The fourth-order valence-corrected chi connectivity index (χ4v) is 2.05. The molecule has 0 fully saturated rings. The van der Waals surface area contributed by atoms with E-state index in [1.54, 1.807) is 10.9 Å². The molecule has 4 heteroatoms. The highest BCUT2D eigenvalue weighted by Gasteiger charge is 2.11. The first kappa shape index (κ1) is 13.5. The first-order valence-corrected chi connectivity index (χ1v) is 6.45. The third-order valence-corrected chi connectivity index (χ3v) is 3.13. The number of ketones is 1. The number of carbonyl (C=O) groups excluding carboxylic acids is 1. The van der Waals surface area contributed by atoms with Crippen molar-refractivity contribution in [2.75, 3.05) is 0 Å². The number of hydrogen-bond donors (Lipinski definition) is 1. The Morgan fingerprint density at radius 2 is 2.11 bits per heavy atom. The van der Waals surface area contributed by atoms with Gasteiger partial charge in [0.1, 0.15) is 5.78 Å². The van der Waals surface area contributed by atoms with Crippen LogP contribution in [0.25, 0.3) is 0 Å². The number of benzene rings is 1. The van der Waals surface area contributed by atoms with E-state index in [-0.39, 0.29) is 11.8 Å². The second-order valence-electron chi connectivity index (χ2n) is 4.78. The van der Waals surface area contributed by atoms with Gasteiger partial charge >= 0.3 is 0 Å². The monoisotopic (exact) mass is 257 g/mol. The van der Waals surface area contributed by atoms with Crippen LogP contribution < -0.4 is 5.73 Å². The SMILES string of the molecule is Cn1cc(CCC(=O)CC(N)c2ccccc2)cn1. The van der Waals surface area contributed by atoms with Crippen molar-refractivity contribution in [1.29, 1.82) is 0 Å². The lowest BCUT2D eigenvalue weighted by Crippen LogP contribution is -2.15. The topological polar surface area (TPSA) is 60.9 Å². The zero-order valence-electron chi connectivity index (χ0n) is 11.1. The van der Waals surface area contributed by atoms with Crippen LogP contribution in [-0.2, 0) is 18.3 Å². The summed E-state index contributed by atoms with van der Waals surface area (Å²) in [4.78, 5) is 11.9. The number of hydrogen-bond acceptors (Lipinski definition) is 3. The van der Waals surface area contributed by atoms with Gasteiger partial charge in [-0.2, -0.15) is 5.10 Å². The molecular weight excluding hydrogens is 238 g/mol. The molecule has 0 spiro atoms. The number of aromatic nitrogens is 2. The zero-order chi connectivity index (χ0) is 13.7. The maximum Gasteiger partial charge on any atom is 0.135 e. The van der Waals surface area contributed by atoms with Gasteiger partial charge < -0.3 is 5.73 Å². The van der Waals surface area contributed by atoms with Crippen LogP contribution in [0.1, 0.15) is 30.0 Å². The van der Waals surface area contributed by atoms with Gasteiger partial charge in [0.25, 0.3) is 0 Å². The number of carbonyl (C=O) groups is 1. The van der Waals surface area contributed by atoms with E-state index in [0.717, 1.165) is 17.5 Å². The standard InChI is InChI=1S/C15H19N3O/c1-18-11-12(10-17-18)7-8-14(19)9-15(16)13-5-3-2-4-6-13/h2-6,10-11,15H,7-9,16H2,1H3. The lowest BCUT2D eigenvalue weighted by molar-refractivity contribution is -0.119. The van der Waals surface area contributed by atoms with E-state index in [0.29, 0.717) is 12.8 Å². The van der Waals surface area contributed by atoms with Gasteiger partial charge in [-0.1, -0.05) is 30.3 Å². The quantitative estimate of drug-likeness (QED) is 0.861. The second-order valence-corrected chi connectivity index (χ2v) is 4.78. The largest absolute Gasteiger partial charge is 0.324 e. The summed E-state index contributed by atoms with van der Waals surface area (Å²) in [7, 11) is 1.87. The molecule has 100 valence electrons. The molecule has 2 rings (SSSR count). The summed E-state index contributed by atoms with van der Waals surface area (Å²) in [6.07, 6.45) is 5.37. The number of nitrogens with two attached hydrogens (primary N) is 1. The fraction of sp³-hybridized carbons (Fsp3) is 0.333. The summed E-state index contributed by atoms with van der Waals surface area (Å²) < 4.78 is 1.75. The number of Topliss-reactive ketones (excluding diaryl/α,β-unsaturated/α-hetero) is 1. The molecule has 0 aliphatic heterocycles. The predicted molar refractivity (Wildman–Crippen MR) is 74.5 cm³/mol. The van der Waals surface area contributed by atoms with Crippen LogP contribution in [0.3, 0.4) is 0 Å². The van der Waals surface area contributed by atoms with E-state index in [1.165, 1.54) is 0 Å². The molecule has 0 amide bonds. The fourth-order valence-electron chi connectivity index (χ4n) is 2.05. The van der Waals surface area contributed by atoms with E-state index in [2.05, 4.69) is 5.10 Å². The Labute approximate surface area is 113 Å². The zero-order valence-corrected chi connectivity index (χ0v) is 11.1. The highest BCUT2D eigenvalue weighted by Crippen LogP contribution is 2.15. The highest BCUT2D eigenvalue weighted by molar-refractivity contribution is 5.79. The minimum Gasteiger partial charge on any atom is -0.324 e. The van der Waals surface area contributed by atoms with Crippen molar-refractivity contribution >= 4 is 5.78 Å². The lowest BCUT2D eigenvalue weighted by Gasteiger charge is -2.10. The molecule has 1 unspecified atom stereocenters. The van der Waals surface area contributed by atoms with Gasteiger partial charge in [-0.05, 0) is 17.5 Å². The molecule has 1 heterocycles. The smallest absolute Gasteiger partial charge is 0.135 e. The van der Waals surface area contributed by atoms with Crippen molar-refractivity contribution in [1.82, 2.24) is 9.78 Å². The Hall–Kier alpha value is -1.94. The van der Waals surface area contributed by atoms with Crippen molar-refractivity contribution in [3.05, 3.63) is 53.9 Å². The molecule has 1 aromatic carbocycles. The van der Waals surface area contributed by atoms with Gasteiger partial charge in [-0.25, -0.2) is 0 Å². The molecule has 1 aromatic heterocycles. The Kier molecular flexibility index (Phi) is 4.47. The van der Waals surface area contributed by atoms with Crippen molar-refractivity contribution in [3.63, 3.8) is 0 Å². The van der Waals surface area contributed by atoms with Gasteiger partial charge in [-0.15, -0.1) is 0 Å². The molecule has 0 saturated heterocycles. The number of rotatable bonds is 6. The van der Waals surface area contributed by atoms with Crippen LogP contribution in [-0.4, -0.2) is 15.6 Å². The molecule has 0 aliphatic rings. The molecule has 2 aromatic rings. The maximum absolute atomic E-state index is 11.9. The van der Waals surface area contributed by atoms with Gasteiger partial charge in [0.15, 0.2) is 0 Å². The Morgan fingerprint density at radius 3 is 2.74 bits per heavy atom. The van der Waals surface area contributed by atoms with E-state index in [9.17, 15) is 4.79 Å². The lowest BCUT2D eigenvalue weighted by atomic mass is 9.99. The van der Waals surface area contributed by atoms with Crippen LogP contribution in [0.2, 0.25) is 0 Å². The molecule has 0 saturated carbocycles. The average molecular weight is 257 g/mol. The van der Waals surface area contributed by atoms with Crippen LogP contribution >= 0.6 is 0 Å². The van der Waals surface area contributed by atoms with E-state index in [4.69, 9.17) is 5.73 Å². The summed E-state index contributed by atoms with van der Waals surface area (Å²) in [5.74, 6) is 0.195. The minimum absolute atomic E-state index is 0.195. The summed E-state index contributed by atoms with van der Waals surface area (Å²) in [5.41, 5.74) is 8.13. The summed E-state index contributed by atoms with van der Waals surface area (Å²) in [5, 5.41) is 4.08. The third kappa shape index (κ3) is 4.03. The highest BCUT2D eigenvalue weighted by atomic mass is 16.1. The van der Waals surface area contributed by atoms with Crippen LogP contribution in [0.4, 0.5) is 0 Å². The van der Waals surface area contributed by atoms with Crippen molar-refractivity contribution < 1.29 is 4.79 Å². The Morgan fingerprint density at radius 1 is 1.37 bits per heavy atom. The van der Waals surface area contributed by atoms with Crippen LogP contribution in [0, 0.1) is 0 Å². The molecule has 4 nitrogen and oxygen atoms in total.